The van der Waals surface area contributed by atoms with Gasteiger partial charge in [0.1, 0.15) is 11.6 Å². The first kappa shape index (κ1) is 24.1. The van der Waals surface area contributed by atoms with Gasteiger partial charge in [0.05, 0.1) is 16.3 Å². The Hall–Kier alpha value is -4.25. The molecule has 1 N–H and O–H groups in total. The molecule has 0 aliphatic carbocycles. The number of aryl methyl sites for hydroxylation is 4. The summed E-state index contributed by atoms with van der Waals surface area (Å²) in [5, 5.41) is 4.47. The molecule has 0 unspecified atom stereocenters. The molecule has 0 atom stereocenters. The summed E-state index contributed by atoms with van der Waals surface area (Å²) in [7, 11) is -3.81. The third kappa shape index (κ3) is 4.38. The van der Waals surface area contributed by atoms with Gasteiger partial charge in [-0.15, -0.1) is 0 Å². The number of amides is 1. The van der Waals surface area contributed by atoms with E-state index >= 15 is 0 Å². The van der Waals surface area contributed by atoms with Gasteiger partial charge in [0, 0.05) is 30.4 Å². The predicted octanol–water partition coefficient (Wildman–Crippen LogP) is 4.02. The number of aromatic nitrogens is 4. The third-order valence-electron chi connectivity index (χ3n) is 6.69. The van der Waals surface area contributed by atoms with E-state index in [-0.39, 0.29) is 10.8 Å². The molecule has 0 saturated carbocycles. The molecule has 10 nitrogen and oxygen atoms in total. The molecule has 2 aliphatic rings. The molecule has 6 rings (SSSR count). The zero-order valence-corrected chi connectivity index (χ0v) is 22.0. The lowest BCUT2D eigenvalue weighted by atomic mass is 10.00. The largest absolute Gasteiger partial charge is 0.439 e. The summed E-state index contributed by atoms with van der Waals surface area (Å²) in [6.07, 6.45) is 1.61. The number of hydrogen-bond donors (Lipinski definition) is 1. The van der Waals surface area contributed by atoms with Gasteiger partial charge < -0.3 is 9.64 Å². The van der Waals surface area contributed by atoms with E-state index in [0.717, 1.165) is 28.2 Å². The summed E-state index contributed by atoms with van der Waals surface area (Å²) in [5.74, 6) is 2.09. The standard InChI is InChI=1S/C27H26N6O4S/c1-16-12-17(2)33(30-16)24-15-25(29-18(3)28-24)37-22-7-5-21(6-8-22)31-38(35,36)23-13-19-4-9-26(34)32-11-10-20(14-23)27(19)32/h5-8,12-15,31H,4,9-11H2,1-3H3. The molecule has 11 heteroatoms. The fourth-order valence-electron chi connectivity index (χ4n) is 5.05. The first-order valence-electron chi connectivity index (χ1n) is 12.3. The molecule has 0 fully saturated rings. The van der Waals surface area contributed by atoms with Crippen molar-refractivity contribution in [1.82, 2.24) is 19.7 Å². The van der Waals surface area contributed by atoms with Gasteiger partial charge in [-0.05, 0) is 87.2 Å². The van der Waals surface area contributed by atoms with E-state index in [2.05, 4.69) is 19.8 Å². The van der Waals surface area contributed by atoms with Crippen molar-refractivity contribution < 1.29 is 17.9 Å². The normalized spacial score (nSPS) is 14.5. The molecule has 2 aromatic heterocycles. The van der Waals surface area contributed by atoms with Crippen LogP contribution in [0.15, 0.2) is 53.4 Å². The van der Waals surface area contributed by atoms with Crippen molar-refractivity contribution in [3.8, 4) is 17.4 Å². The van der Waals surface area contributed by atoms with Gasteiger partial charge >= 0.3 is 0 Å². The third-order valence-corrected chi connectivity index (χ3v) is 8.05. The van der Waals surface area contributed by atoms with Crippen molar-refractivity contribution in [3.05, 3.63) is 76.9 Å². The molecular weight excluding hydrogens is 504 g/mol. The van der Waals surface area contributed by atoms with E-state index in [9.17, 15) is 13.2 Å². The summed E-state index contributed by atoms with van der Waals surface area (Å²) in [5.41, 5.74) is 4.94. The fourth-order valence-corrected chi connectivity index (χ4v) is 6.21. The Morgan fingerprint density at radius 1 is 0.921 bits per heavy atom. The first-order valence-corrected chi connectivity index (χ1v) is 13.8. The van der Waals surface area contributed by atoms with Gasteiger partial charge in [-0.1, -0.05) is 0 Å². The minimum absolute atomic E-state index is 0.104. The topological polar surface area (TPSA) is 119 Å². The summed E-state index contributed by atoms with van der Waals surface area (Å²) in [4.78, 5) is 23.0. The summed E-state index contributed by atoms with van der Waals surface area (Å²) in [6, 6.07) is 13.7. The lowest BCUT2D eigenvalue weighted by molar-refractivity contribution is -0.118. The van der Waals surface area contributed by atoms with Crippen molar-refractivity contribution in [2.75, 3.05) is 16.2 Å². The molecule has 2 aliphatic heterocycles. The van der Waals surface area contributed by atoms with Crippen LogP contribution in [0, 0.1) is 20.8 Å². The van der Waals surface area contributed by atoms with Crippen molar-refractivity contribution in [1.29, 1.82) is 0 Å². The van der Waals surface area contributed by atoms with E-state index in [4.69, 9.17) is 4.74 Å². The van der Waals surface area contributed by atoms with Gasteiger partial charge in [-0.3, -0.25) is 9.52 Å². The van der Waals surface area contributed by atoms with Gasteiger partial charge in [-0.2, -0.15) is 10.1 Å². The summed E-state index contributed by atoms with van der Waals surface area (Å²) in [6.45, 7) is 6.25. The molecule has 0 bridgehead atoms. The van der Waals surface area contributed by atoms with Crippen LogP contribution in [0.3, 0.4) is 0 Å². The smallest absolute Gasteiger partial charge is 0.261 e. The molecule has 2 aromatic carbocycles. The number of sulfonamides is 1. The highest BCUT2D eigenvalue weighted by molar-refractivity contribution is 7.92. The number of nitrogens with one attached hydrogen (secondary N) is 1. The van der Waals surface area contributed by atoms with Gasteiger partial charge in [0.15, 0.2) is 5.82 Å². The highest BCUT2D eigenvalue weighted by Gasteiger charge is 2.33. The molecule has 4 aromatic rings. The van der Waals surface area contributed by atoms with Crippen molar-refractivity contribution in [2.24, 2.45) is 0 Å². The first-order chi connectivity index (χ1) is 18.2. The van der Waals surface area contributed by atoms with Crippen LogP contribution in [0.25, 0.3) is 5.82 Å². The van der Waals surface area contributed by atoms with E-state index in [1.54, 1.807) is 59.0 Å². The van der Waals surface area contributed by atoms with Crippen molar-refractivity contribution in [3.63, 3.8) is 0 Å². The van der Waals surface area contributed by atoms with Crippen LogP contribution in [0.2, 0.25) is 0 Å². The Bertz CT molecular complexity index is 1700. The number of nitrogens with zero attached hydrogens (tertiary/aromatic N) is 5. The van der Waals surface area contributed by atoms with Crippen LogP contribution in [-0.4, -0.2) is 40.6 Å². The monoisotopic (exact) mass is 530 g/mol. The van der Waals surface area contributed by atoms with Gasteiger partial charge in [0.2, 0.25) is 11.8 Å². The number of carbonyl (C=O) groups excluding carboxylic acids is 1. The Balaban J connectivity index is 1.20. The molecular formula is C27H26N6O4S. The Kier molecular flexibility index (Phi) is 5.68. The number of carbonyl (C=O) groups is 1. The zero-order valence-electron chi connectivity index (χ0n) is 21.2. The summed E-state index contributed by atoms with van der Waals surface area (Å²) < 4.78 is 36.7. The van der Waals surface area contributed by atoms with Gasteiger partial charge in [-0.25, -0.2) is 18.1 Å². The molecule has 1 amide bonds. The predicted molar refractivity (Wildman–Crippen MR) is 142 cm³/mol. The molecule has 0 spiro atoms. The average molecular weight is 531 g/mol. The maximum atomic E-state index is 13.2. The van der Waals surface area contributed by atoms with E-state index in [1.807, 2.05) is 19.9 Å². The van der Waals surface area contributed by atoms with Crippen LogP contribution in [0.4, 0.5) is 11.4 Å². The highest BCUT2D eigenvalue weighted by Crippen LogP contribution is 2.38. The minimum atomic E-state index is -3.81. The number of ether oxygens (including phenoxy) is 1. The number of hydrogen-bond acceptors (Lipinski definition) is 7. The lowest BCUT2D eigenvalue weighted by Crippen LogP contribution is -2.33. The van der Waals surface area contributed by atoms with Crippen LogP contribution in [0.1, 0.15) is 34.8 Å². The van der Waals surface area contributed by atoms with Crippen LogP contribution >= 0.6 is 0 Å². The van der Waals surface area contributed by atoms with Crippen molar-refractivity contribution in [2.45, 2.75) is 44.9 Å². The number of benzene rings is 2. The maximum Gasteiger partial charge on any atom is 0.261 e. The fraction of sp³-hybridized carbons (Fsp3) is 0.259. The maximum absolute atomic E-state index is 13.2. The lowest BCUT2D eigenvalue weighted by Gasteiger charge is -2.25. The zero-order chi connectivity index (χ0) is 26.6. The highest BCUT2D eigenvalue weighted by atomic mass is 32.2. The minimum Gasteiger partial charge on any atom is -0.439 e. The molecule has 38 heavy (non-hydrogen) atoms. The second-order valence-electron chi connectivity index (χ2n) is 9.57. The Morgan fingerprint density at radius 2 is 1.66 bits per heavy atom. The van der Waals surface area contributed by atoms with E-state index in [1.165, 1.54) is 0 Å². The van der Waals surface area contributed by atoms with E-state index < -0.39 is 10.0 Å². The Morgan fingerprint density at radius 3 is 2.37 bits per heavy atom. The van der Waals surface area contributed by atoms with E-state index in [0.29, 0.717) is 54.8 Å². The molecule has 4 heterocycles. The van der Waals surface area contributed by atoms with Gasteiger partial charge in [0.25, 0.3) is 10.0 Å². The number of anilines is 2. The number of rotatable bonds is 6. The van der Waals surface area contributed by atoms with Crippen LogP contribution in [0.5, 0.6) is 11.6 Å². The second kappa shape index (κ2) is 8.95. The quantitative estimate of drug-likeness (QED) is 0.400. The Labute approximate surface area is 220 Å². The second-order valence-corrected chi connectivity index (χ2v) is 11.3. The molecule has 194 valence electrons. The average Bonchev–Trinajstić information content (AvgIpc) is 3.45. The SMILES string of the molecule is Cc1cc(C)n(-c2cc(Oc3ccc(NS(=O)(=O)c4cc5c6c(c4)CCN6C(=O)CC5)cc3)nc(C)n2)n1. The summed E-state index contributed by atoms with van der Waals surface area (Å²) >= 11 is 0. The van der Waals surface area contributed by atoms with Crippen molar-refractivity contribution >= 4 is 27.3 Å². The molecule has 0 radical (unpaired) electrons. The molecule has 0 saturated heterocycles. The van der Waals surface area contributed by atoms with Crippen LogP contribution in [-0.2, 0) is 27.7 Å². The van der Waals surface area contributed by atoms with Crippen LogP contribution < -0.4 is 14.4 Å².